The van der Waals surface area contributed by atoms with Gasteiger partial charge in [0.25, 0.3) is 0 Å². The zero-order valence-corrected chi connectivity index (χ0v) is 12.5. The molecule has 104 valence electrons. The lowest BCUT2D eigenvalue weighted by Gasteiger charge is -2.21. The topological polar surface area (TPSA) is 54.0 Å². The van der Waals surface area contributed by atoms with Crippen LogP contribution < -0.4 is 10.6 Å². The third-order valence-corrected chi connectivity index (χ3v) is 4.66. The molecule has 0 unspecified atom stereocenters. The molecule has 6 heteroatoms. The summed E-state index contributed by atoms with van der Waals surface area (Å²) in [7, 11) is 0. The molecular formula is C13H18ClN3OS. The molecule has 2 rings (SSSR count). The highest BCUT2D eigenvalue weighted by atomic mass is 35.5. The van der Waals surface area contributed by atoms with Gasteiger partial charge in [-0.25, -0.2) is 4.98 Å². The first-order valence-corrected chi connectivity index (χ1v) is 7.82. The first-order chi connectivity index (χ1) is 9.15. The number of hydrogen-bond acceptors (Lipinski definition) is 4. The van der Waals surface area contributed by atoms with Crippen molar-refractivity contribution in [1.29, 1.82) is 0 Å². The summed E-state index contributed by atoms with van der Waals surface area (Å²) in [6.45, 7) is 4.02. The zero-order valence-electron chi connectivity index (χ0n) is 10.9. The van der Waals surface area contributed by atoms with Gasteiger partial charge in [-0.05, 0) is 44.5 Å². The van der Waals surface area contributed by atoms with Gasteiger partial charge in [0.1, 0.15) is 0 Å². The van der Waals surface area contributed by atoms with Crippen LogP contribution in [0.1, 0.15) is 18.4 Å². The van der Waals surface area contributed by atoms with Gasteiger partial charge in [-0.3, -0.25) is 4.79 Å². The Balaban J connectivity index is 1.81. The Labute approximate surface area is 122 Å². The van der Waals surface area contributed by atoms with Gasteiger partial charge < -0.3 is 10.6 Å². The number of rotatable bonds is 4. The molecule has 0 aliphatic carbocycles. The summed E-state index contributed by atoms with van der Waals surface area (Å²) in [5.41, 5.74) is 1.57. The van der Waals surface area contributed by atoms with Crippen LogP contribution in [0.25, 0.3) is 0 Å². The smallest absolute Gasteiger partial charge is 0.234 e. The van der Waals surface area contributed by atoms with Crippen LogP contribution >= 0.6 is 23.4 Å². The minimum Gasteiger partial charge on any atom is -0.323 e. The Morgan fingerprint density at radius 3 is 3.05 bits per heavy atom. The molecule has 0 radical (unpaired) electrons. The molecule has 1 fully saturated rings. The summed E-state index contributed by atoms with van der Waals surface area (Å²) in [6, 6.07) is 1.84. The van der Waals surface area contributed by atoms with Crippen molar-refractivity contribution >= 4 is 35.0 Å². The van der Waals surface area contributed by atoms with Gasteiger partial charge in [-0.15, -0.1) is 11.8 Å². The standard InChI is InChI=1S/C13H18ClN3OS/c1-9-6-11(13(14)16-7-9)17-12(18)8-19-10-2-4-15-5-3-10/h6-7,10,15H,2-5,8H2,1H3,(H,17,18). The highest BCUT2D eigenvalue weighted by Gasteiger charge is 2.15. The van der Waals surface area contributed by atoms with Crippen molar-refractivity contribution in [3.8, 4) is 0 Å². The van der Waals surface area contributed by atoms with Gasteiger partial charge in [0.05, 0.1) is 11.4 Å². The Morgan fingerprint density at radius 2 is 2.32 bits per heavy atom. The summed E-state index contributed by atoms with van der Waals surface area (Å²) in [6.07, 6.45) is 3.94. The quantitative estimate of drug-likeness (QED) is 0.839. The average Bonchev–Trinajstić information content (AvgIpc) is 2.42. The van der Waals surface area contributed by atoms with Gasteiger partial charge in [0, 0.05) is 11.4 Å². The van der Waals surface area contributed by atoms with E-state index in [0.717, 1.165) is 31.5 Å². The normalized spacial score (nSPS) is 16.3. The second-order valence-corrected chi connectivity index (χ2v) is 6.31. The average molecular weight is 300 g/mol. The van der Waals surface area contributed by atoms with Gasteiger partial charge in [0.2, 0.25) is 5.91 Å². The van der Waals surface area contributed by atoms with Crippen molar-refractivity contribution in [2.45, 2.75) is 25.0 Å². The van der Waals surface area contributed by atoms with Crippen molar-refractivity contribution in [1.82, 2.24) is 10.3 Å². The first-order valence-electron chi connectivity index (χ1n) is 6.39. The highest BCUT2D eigenvalue weighted by molar-refractivity contribution is 8.00. The van der Waals surface area contributed by atoms with Gasteiger partial charge in [0.15, 0.2) is 5.15 Å². The number of carbonyl (C=O) groups is 1. The number of nitrogens with one attached hydrogen (secondary N) is 2. The fraction of sp³-hybridized carbons (Fsp3) is 0.538. The van der Waals surface area contributed by atoms with E-state index in [4.69, 9.17) is 11.6 Å². The van der Waals surface area contributed by atoms with E-state index < -0.39 is 0 Å². The van der Waals surface area contributed by atoms with Crippen LogP contribution in [0, 0.1) is 6.92 Å². The predicted octanol–water partition coefficient (Wildman–Crippen LogP) is 2.47. The lowest BCUT2D eigenvalue weighted by Crippen LogP contribution is -2.30. The molecule has 19 heavy (non-hydrogen) atoms. The van der Waals surface area contributed by atoms with E-state index >= 15 is 0 Å². The van der Waals surface area contributed by atoms with Crippen molar-refractivity contribution in [2.75, 3.05) is 24.2 Å². The van der Waals surface area contributed by atoms with Crippen molar-refractivity contribution < 1.29 is 4.79 Å². The molecule has 2 heterocycles. The maximum atomic E-state index is 11.9. The van der Waals surface area contributed by atoms with Crippen molar-refractivity contribution in [2.24, 2.45) is 0 Å². The number of aryl methyl sites for hydroxylation is 1. The number of amides is 1. The van der Waals surface area contributed by atoms with Crippen LogP contribution in [-0.2, 0) is 4.79 Å². The molecule has 1 aromatic heterocycles. The summed E-state index contributed by atoms with van der Waals surface area (Å²) in [5.74, 6) is 0.451. The molecule has 2 N–H and O–H groups in total. The van der Waals surface area contributed by atoms with Crippen LogP contribution in [0.5, 0.6) is 0 Å². The summed E-state index contributed by atoms with van der Waals surface area (Å²) in [5, 5.41) is 7.06. The number of pyridine rings is 1. The molecule has 0 aromatic carbocycles. The number of thioether (sulfide) groups is 1. The highest BCUT2D eigenvalue weighted by Crippen LogP contribution is 2.22. The van der Waals surface area contributed by atoms with Gasteiger partial charge in [-0.1, -0.05) is 11.6 Å². The molecule has 0 saturated carbocycles. The molecule has 0 atom stereocenters. The van der Waals surface area contributed by atoms with E-state index in [1.54, 1.807) is 18.0 Å². The molecule has 0 spiro atoms. The van der Waals surface area contributed by atoms with Crippen molar-refractivity contribution in [3.63, 3.8) is 0 Å². The number of aromatic nitrogens is 1. The number of halogens is 1. The van der Waals surface area contributed by atoms with Gasteiger partial charge >= 0.3 is 0 Å². The maximum absolute atomic E-state index is 11.9. The Morgan fingerprint density at radius 1 is 1.58 bits per heavy atom. The molecule has 4 nitrogen and oxygen atoms in total. The first kappa shape index (κ1) is 14.6. The molecule has 1 saturated heterocycles. The zero-order chi connectivity index (χ0) is 13.7. The summed E-state index contributed by atoms with van der Waals surface area (Å²) >= 11 is 7.67. The third kappa shape index (κ3) is 4.67. The van der Waals surface area contributed by atoms with Crippen molar-refractivity contribution in [3.05, 3.63) is 23.0 Å². The van der Waals surface area contributed by atoms with E-state index in [-0.39, 0.29) is 5.91 Å². The lowest BCUT2D eigenvalue weighted by atomic mass is 10.2. The minimum atomic E-state index is -0.0159. The predicted molar refractivity (Wildman–Crippen MR) is 81.0 cm³/mol. The van der Waals surface area contributed by atoms with E-state index in [9.17, 15) is 4.79 Å². The largest absolute Gasteiger partial charge is 0.323 e. The Bertz CT molecular complexity index is 450. The molecule has 1 aromatic rings. The van der Waals surface area contributed by atoms with E-state index in [1.807, 2.05) is 13.0 Å². The maximum Gasteiger partial charge on any atom is 0.234 e. The van der Waals surface area contributed by atoms with Crippen LogP contribution in [0.3, 0.4) is 0 Å². The fourth-order valence-corrected chi connectivity index (χ4v) is 3.16. The SMILES string of the molecule is Cc1cnc(Cl)c(NC(=O)CSC2CCNCC2)c1. The molecule has 1 aliphatic heterocycles. The van der Waals surface area contributed by atoms with E-state index in [1.165, 1.54) is 0 Å². The third-order valence-electron chi connectivity index (χ3n) is 2.99. The van der Waals surface area contributed by atoms with Gasteiger partial charge in [-0.2, -0.15) is 0 Å². The van der Waals surface area contributed by atoms with E-state index in [2.05, 4.69) is 15.6 Å². The summed E-state index contributed by atoms with van der Waals surface area (Å²) in [4.78, 5) is 15.9. The Kier molecular flexibility index (Phi) is 5.48. The monoisotopic (exact) mass is 299 g/mol. The second-order valence-electron chi connectivity index (χ2n) is 4.66. The molecule has 1 amide bonds. The Hall–Kier alpha value is -0.780. The number of hydrogen-bond donors (Lipinski definition) is 2. The number of nitrogens with zero attached hydrogens (tertiary/aromatic N) is 1. The van der Waals surface area contributed by atoms with E-state index in [0.29, 0.717) is 21.8 Å². The molecule has 1 aliphatic rings. The molecular weight excluding hydrogens is 282 g/mol. The lowest BCUT2D eigenvalue weighted by molar-refractivity contribution is -0.113. The fourth-order valence-electron chi connectivity index (χ4n) is 1.98. The summed E-state index contributed by atoms with van der Waals surface area (Å²) < 4.78 is 0. The van der Waals surface area contributed by atoms with Crippen LogP contribution in [-0.4, -0.2) is 35.0 Å². The number of anilines is 1. The van der Waals surface area contributed by atoms with Crippen LogP contribution in [0.2, 0.25) is 5.15 Å². The van der Waals surface area contributed by atoms with Crippen LogP contribution in [0.15, 0.2) is 12.3 Å². The number of carbonyl (C=O) groups excluding carboxylic acids is 1. The number of piperidine rings is 1. The second kappa shape index (κ2) is 7.12. The minimum absolute atomic E-state index is 0.0159. The molecule has 0 bridgehead atoms. The van der Waals surface area contributed by atoms with Crippen LogP contribution in [0.4, 0.5) is 5.69 Å².